The molecule has 48 heavy (non-hydrogen) atoms. The monoisotopic (exact) mass is 698 g/mol. The molecule has 3 aromatic heterocycles. The minimum absolute atomic E-state index is 0.172. The molecule has 2 bridgehead atoms. The number of fused-ring (bicyclic) bond motifs is 4. The lowest BCUT2D eigenvalue weighted by Crippen LogP contribution is -2.57. The molecule has 0 saturated carbocycles. The summed E-state index contributed by atoms with van der Waals surface area (Å²) in [4.78, 5) is 14.3. The fourth-order valence-electron chi connectivity index (χ4n) is 8.01. The predicted octanol–water partition coefficient (Wildman–Crippen LogP) is 5.84. The van der Waals surface area contributed by atoms with Gasteiger partial charge in [0.25, 0.3) is 0 Å². The normalized spacial score (nSPS) is 22.8. The zero-order valence-corrected chi connectivity index (χ0v) is 29.1. The summed E-state index contributed by atoms with van der Waals surface area (Å²) in [5.74, 6) is 0.601. The Balaban J connectivity index is 0.990. The van der Waals surface area contributed by atoms with E-state index < -0.39 is 24.0 Å². The molecule has 4 atom stereocenters. The molecule has 3 fully saturated rings. The Morgan fingerprint density at radius 2 is 1.83 bits per heavy atom. The highest BCUT2D eigenvalue weighted by Crippen LogP contribution is 2.35. The predicted molar refractivity (Wildman–Crippen MR) is 184 cm³/mol. The summed E-state index contributed by atoms with van der Waals surface area (Å²) in [6.07, 6.45) is 1.96. The van der Waals surface area contributed by atoms with Gasteiger partial charge in [-0.05, 0) is 68.9 Å². The largest absolute Gasteiger partial charge is 0.598 e. The zero-order chi connectivity index (χ0) is 33.7. The van der Waals surface area contributed by atoms with E-state index in [1.165, 1.54) is 17.5 Å². The average Bonchev–Trinajstić information content (AvgIpc) is 3.70. The standard InChI is InChI=1S/C34H41F3N8OS2/c1-21(43-18-25-5-6-26(19-43)45(25)48(3)46)16-44-27(15-38)12-29-22(2)23(4-7-31(29)44)17-42-10-8-24(9-11-42)41-32-30-13-28(14-34(35,36)37)47-33(30)40-20-39-32/h4,7,12-13,20-21,24-26H,5-6,8-11,14,16-19H2,1-3H3,(H,39,40,41). The molecule has 0 radical (unpaired) electrons. The van der Waals surface area contributed by atoms with Crippen LogP contribution in [-0.4, -0.2) is 96.0 Å². The van der Waals surface area contributed by atoms with Crippen molar-refractivity contribution < 1.29 is 17.7 Å². The second-order valence-corrected chi connectivity index (χ2v) is 16.0. The third-order valence-electron chi connectivity index (χ3n) is 10.5. The van der Waals surface area contributed by atoms with Crippen LogP contribution in [0.15, 0.2) is 30.6 Å². The van der Waals surface area contributed by atoms with E-state index in [9.17, 15) is 23.0 Å². The van der Waals surface area contributed by atoms with Gasteiger partial charge in [-0.2, -0.15) is 18.4 Å². The quantitative estimate of drug-likeness (QED) is 0.218. The topological polar surface area (TPSA) is 99.3 Å². The van der Waals surface area contributed by atoms with Crippen molar-refractivity contribution in [2.75, 3.05) is 37.8 Å². The number of hydrogen-bond acceptors (Lipinski definition) is 9. The molecule has 3 aliphatic heterocycles. The lowest BCUT2D eigenvalue weighted by molar-refractivity contribution is -0.126. The molecule has 0 aliphatic carbocycles. The third kappa shape index (κ3) is 6.78. The van der Waals surface area contributed by atoms with E-state index in [0.717, 1.165) is 87.2 Å². The smallest absolute Gasteiger partial charge is 0.393 e. The molecule has 3 saturated heterocycles. The van der Waals surface area contributed by atoms with Crippen LogP contribution in [-0.2, 0) is 30.9 Å². The Labute approximate surface area is 286 Å². The van der Waals surface area contributed by atoms with Gasteiger partial charge in [-0.1, -0.05) is 6.07 Å². The lowest BCUT2D eigenvalue weighted by Gasteiger charge is -2.42. The van der Waals surface area contributed by atoms with E-state index in [1.54, 1.807) is 12.3 Å². The number of likely N-dealkylation sites (tertiary alicyclic amines) is 2. The molecule has 1 N–H and O–H groups in total. The highest BCUT2D eigenvalue weighted by Gasteiger charge is 2.46. The molecule has 0 spiro atoms. The number of anilines is 1. The first-order valence-corrected chi connectivity index (χ1v) is 19.0. The van der Waals surface area contributed by atoms with Crippen LogP contribution in [0.4, 0.5) is 19.0 Å². The maximum atomic E-state index is 13.0. The Kier molecular flexibility index (Phi) is 9.38. The maximum Gasteiger partial charge on any atom is 0.393 e. The Morgan fingerprint density at radius 3 is 2.50 bits per heavy atom. The SMILES string of the molecule is Cc1c(CN2CCC(Nc3ncnc4sc(CC(F)(F)F)cc34)CC2)ccc2c1cc(C#N)n2CC(C)N1CC2CCC(C1)N2[S+](C)[O-]. The maximum absolute atomic E-state index is 13.0. The van der Waals surface area contributed by atoms with Crippen molar-refractivity contribution in [1.29, 1.82) is 5.26 Å². The van der Waals surface area contributed by atoms with E-state index in [4.69, 9.17) is 0 Å². The van der Waals surface area contributed by atoms with E-state index in [0.29, 0.717) is 33.8 Å². The lowest BCUT2D eigenvalue weighted by atomic mass is 10.0. The number of halogens is 3. The summed E-state index contributed by atoms with van der Waals surface area (Å²) >= 11 is 0.129. The highest BCUT2D eigenvalue weighted by atomic mass is 32.2. The number of rotatable bonds is 9. The first kappa shape index (κ1) is 33.6. The van der Waals surface area contributed by atoms with Crippen molar-refractivity contribution in [1.82, 2.24) is 28.6 Å². The fourth-order valence-corrected chi connectivity index (χ4v) is 10.2. The van der Waals surface area contributed by atoms with Crippen LogP contribution < -0.4 is 5.32 Å². The molecule has 7 rings (SSSR count). The number of nitriles is 1. The zero-order valence-electron chi connectivity index (χ0n) is 27.5. The molecule has 6 heterocycles. The molecular formula is C34H41F3N8OS2. The van der Waals surface area contributed by atoms with Gasteiger partial charge in [0, 0.05) is 78.5 Å². The Morgan fingerprint density at radius 1 is 1.10 bits per heavy atom. The molecule has 4 aromatic rings. The summed E-state index contributed by atoms with van der Waals surface area (Å²) in [6, 6.07) is 11.5. The Bertz CT molecular complexity index is 1810. The van der Waals surface area contributed by atoms with Crippen molar-refractivity contribution in [3.63, 3.8) is 0 Å². The summed E-state index contributed by atoms with van der Waals surface area (Å²) in [7, 11) is 0. The number of benzene rings is 1. The molecule has 256 valence electrons. The number of aromatic nitrogens is 3. The second kappa shape index (κ2) is 13.4. The number of piperidine rings is 1. The third-order valence-corrected chi connectivity index (χ3v) is 12.7. The van der Waals surface area contributed by atoms with Gasteiger partial charge in [0.15, 0.2) is 0 Å². The number of nitrogens with zero attached hydrogens (tertiary/aromatic N) is 7. The number of alkyl halides is 3. The number of thiophene rings is 1. The summed E-state index contributed by atoms with van der Waals surface area (Å²) < 4.78 is 55.6. The number of piperazine rings is 1. The average molecular weight is 699 g/mol. The summed E-state index contributed by atoms with van der Waals surface area (Å²) in [6.45, 7) is 9.52. The highest BCUT2D eigenvalue weighted by molar-refractivity contribution is 7.88. The van der Waals surface area contributed by atoms with Gasteiger partial charge in [-0.15, -0.1) is 15.6 Å². The van der Waals surface area contributed by atoms with Crippen LogP contribution >= 0.6 is 11.3 Å². The minimum atomic E-state index is -4.26. The fraction of sp³-hybridized carbons (Fsp3) is 0.559. The summed E-state index contributed by atoms with van der Waals surface area (Å²) in [5.41, 5.74) is 4.21. The minimum Gasteiger partial charge on any atom is -0.598 e. The van der Waals surface area contributed by atoms with Gasteiger partial charge in [0.2, 0.25) is 0 Å². The van der Waals surface area contributed by atoms with Crippen molar-refractivity contribution in [2.45, 2.75) is 89.4 Å². The van der Waals surface area contributed by atoms with E-state index >= 15 is 0 Å². The number of hydrogen-bond donors (Lipinski definition) is 1. The van der Waals surface area contributed by atoms with Gasteiger partial charge < -0.3 is 14.4 Å². The molecule has 4 unspecified atom stereocenters. The van der Waals surface area contributed by atoms with E-state index in [-0.39, 0.29) is 17.0 Å². The van der Waals surface area contributed by atoms with Crippen LogP contribution in [0.3, 0.4) is 0 Å². The molecule has 3 aliphatic rings. The molecule has 1 aromatic carbocycles. The van der Waals surface area contributed by atoms with Crippen molar-refractivity contribution in [3.8, 4) is 6.07 Å². The molecular weight excluding hydrogens is 658 g/mol. The van der Waals surface area contributed by atoms with Crippen molar-refractivity contribution in [3.05, 3.63) is 52.3 Å². The van der Waals surface area contributed by atoms with Gasteiger partial charge in [0.1, 0.15) is 35.0 Å². The molecule has 14 heteroatoms. The second-order valence-electron chi connectivity index (χ2n) is 13.6. The van der Waals surface area contributed by atoms with Gasteiger partial charge in [-0.25, -0.2) is 9.97 Å². The number of aryl methyl sites for hydroxylation is 1. The van der Waals surface area contributed by atoms with Gasteiger partial charge in [0.05, 0.1) is 23.9 Å². The van der Waals surface area contributed by atoms with Crippen molar-refractivity contribution in [2.24, 2.45) is 0 Å². The van der Waals surface area contributed by atoms with E-state index in [2.05, 4.69) is 66.0 Å². The Hall–Kier alpha value is -2.93. The van der Waals surface area contributed by atoms with Crippen LogP contribution in [0, 0.1) is 18.3 Å². The van der Waals surface area contributed by atoms with Gasteiger partial charge >= 0.3 is 6.18 Å². The van der Waals surface area contributed by atoms with Crippen LogP contribution in [0.2, 0.25) is 0 Å². The van der Waals surface area contributed by atoms with Crippen molar-refractivity contribution >= 4 is 49.6 Å². The summed E-state index contributed by atoms with van der Waals surface area (Å²) in [5, 5.41) is 15.3. The van der Waals surface area contributed by atoms with Crippen LogP contribution in [0.5, 0.6) is 0 Å². The van der Waals surface area contributed by atoms with Crippen LogP contribution in [0.1, 0.15) is 54.3 Å². The molecule has 9 nitrogen and oxygen atoms in total. The van der Waals surface area contributed by atoms with Gasteiger partial charge in [-0.3, -0.25) is 9.80 Å². The first-order chi connectivity index (χ1) is 23.0. The van der Waals surface area contributed by atoms with E-state index in [1.807, 2.05) is 6.07 Å². The molecule has 0 amide bonds. The van der Waals surface area contributed by atoms with Crippen LogP contribution in [0.25, 0.3) is 21.1 Å². The first-order valence-electron chi connectivity index (χ1n) is 16.6. The number of nitrogens with one attached hydrogen (secondary N) is 1.